The van der Waals surface area contributed by atoms with Gasteiger partial charge < -0.3 is 19.5 Å². The maximum absolute atomic E-state index is 12.8. The third kappa shape index (κ3) is 3.38. The summed E-state index contributed by atoms with van der Waals surface area (Å²) in [5.41, 5.74) is -0.570. The number of amides is 1. The Morgan fingerprint density at radius 1 is 0.963 bits per heavy atom. The maximum atomic E-state index is 12.8. The minimum atomic E-state index is -4.78. The van der Waals surface area contributed by atoms with Crippen molar-refractivity contribution in [2.75, 3.05) is 5.32 Å². The fraction of sp³-hybridized carbons (Fsp3) is 0.0500. The second-order valence-corrected chi connectivity index (χ2v) is 7.92. The van der Waals surface area contributed by atoms with Gasteiger partial charge in [-0.1, -0.05) is 48.5 Å². The highest BCUT2D eigenvalue weighted by molar-refractivity contribution is 7.53. The molecule has 1 aromatic heterocycles. The lowest BCUT2D eigenvalue weighted by Crippen LogP contribution is -2.21. The van der Waals surface area contributed by atoms with Crippen molar-refractivity contribution >= 4 is 40.9 Å². The first-order valence-corrected chi connectivity index (χ1v) is 9.93. The molecule has 4 rings (SSSR count). The van der Waals surface area contributed by atoms with Crippen molar-refractivity contribution in [3.63, 3.8) is 0 Å². The summed E-state index contributed by atoms with van der Waals surface area (Å²) in [5, 5.41) is 5.04. The Kier molecular flexibility index (Phi) is 4.32. The third-order valence-corrected chi connectivity index (χ3v) is 5.59. The number of hydrogen-bond acceptors (Lipinski definition) is 3. The van der Waals surface area contributed by atoms with Gasteiger partial charge in [0.25, 0.3) is 0 Å². The molecule has 7 heteroatoms. The molecule has 4 aromatic rings. The van der Waals surface area contributed by atoms with Gasteiger partial charge >= 0.3 is 7.60 Å². The normalized spacial score (nSPS) is 13.0. The number of rotatable bonds is 4. The summed E-state index contributed by atoms with van der Waals surface area (Å²) in [4.78, 5) is 32.5. The molecule has 0 fully saturated rings. The van der Waals surface area contributed by atoms with E-state index in [0.29, 0.717) is 16.7 Å². The molecule has 0 spiro atoms. The molecule has 1 heterocycles. The number of benzene rings is 3. The molecule has 0 aliphatic rings. The third-order valence-electron chi connectivity index (χ3n) is 4.41. The number of carbonyl (C=O) groups excluding carboxylic acids is 1. The van der Waals surface area contributed by atoms with E-state index in [1.807, 2.05) is 30.3 Å². The van der Waals surface area contributed by atoms with E-state index in [0.717, 1.165) is 10.8 Å². The van der Waals surface area contributed by atoms with Crippen molar-refractivity contribution in [2.24, 2.45) is 0 Å². The minimum Gasteiger partial charge on any atom is -0.464 e. The van der Waals surface area contributed by atoms with Gasteiger partial charge in [-0.15, -0.1) is 0 Å². The zero-order valence-electron chi connectivity index (χ0n) is 14.1. The van der Waals surface area contributed by atoms with Crippen molar-refractivity contribution in [2.45, 2.75) is 5.66 Å². The van der Waals surface area contributed by atoms with E-state index in [-0.39, 0.29) is 5.56 Å². The van der Waals surface area contributed by atoms with Crippen LogP contribution in [-0.2, 0) is 9.36 Å². The zero-order valence-corrected chi connectivity index (χ0v) is 15.0. The van der Waals surface area contributed by atoms with Gasteiger partial charge in [-0.05, 0) is 29.0 Å². The summed E-state index contributed by atoms with van der Waals surface area (Å²) in [6.07, 6.45) is 1.23. The molecule has 0 saturated heterocycles. The SMILES string of the molecule is O=C(Nc1ccc2ccccc2c1)C(c1coc2ccccc12)P(=O)(O)O. The molecule has 3 aromatic carbocycles. The smallest absolute Gasteiger partial charge is 0.342 e. The Bertz CT molecular complexity index is 1190. The van der Waals surface area contributed by atoms with Crippen LogP contribution < -0.4 is 5.32 Å². The molecule has 6 nitrogen and oxygen atoms in total. The standard InChI is InChI=1S/C20H16NO5P/c22-20(21-15-10-9-13-5-1-2-6-14(13)11-15)19(27(23,24)25)17-12-26-18-8-4-3-7-16(17)18/h1-12,19H,(H,21,22)(H2,23,24,25). The molecule has 3 N–H and O–H groups in total. The average molecular weight is 381 g/mol. The second-order valence-electron chi connectivity index (χ2n) is 6.23. The number of anilines is 1. The van der Waals surface area contributed by atoms with Gasteiger partial charge in [0, 0.05) is 16.6 Å². The zero-order chi connectivity index (χ0) is 19.0. The lowest BCUT2D eigenvalue weighted by atomic mass is 10.1. The molecule has 1 amide bonds. The lowest BCUT2D eigenvalue weighted by molar-refractivity contribution is -0.116. The summed E-state index contributed by atoms with van der Waals surface area (Å²) in [6.45, 7) is 0. The van der Waals surface area contributed by atoms with Crippen LogP contribution >= 0.6 is 7.60 Å². The summed E-state index contributed by atoms with van der Waals surface area (Å²) >= 11 is 0. The van der Waals surface area contributed by atoms with E-state index in [4.69, 9.17) is 4.42 Å². The average Bonchev–Trinajstić information content (AvgIpc) is 3.04. The van der Waals surface area contributed by atoms with Gasteiger partial charge in [-0.25, -0.2) is 0 Å². The Balaban J connectivity index is 1.72. The van der Waals surface area contributed by atoms with Gasteiger partial charge in [-0.3, -0.25) is 9.36 Å². The van der Waals surface area contributed by atoms with Crippen LogP contribution in [0.4, 0.5) is 5.69 Å². The van der Waals surface area contributed by atoms with Crippen molar-refractivity contribution in [3.8, 4) is 0 Å². The summed E-state index contributed by atoms with van der Waals surface area (Å²) in [7, 11) is -4.78. The second kappa shape index (κ2) is 6.67. The van der Waals surface area contributed by atoms with Crippen LogP contribution in [0.15, 0.2) is 77.4 Å². The Hall–Kier alpha value is -2.92. The van der Waals surface area contributed by atoms with Gasteiger partial charge in [0.05, 0.1) is 6.26 Å². The molecule has 0 aliphatic heterocycles. The Morgan fingerprint density at radius 3 is 2.44 bits per heavy atom. The van der Waals surface area contributed by atoms with Gasteiger partial charge in [-0.2, -0.15) is 0 Å². The molecular weight excluding hydrogens is 365 g/mol. The molecule has 0 saturated carbocycles. The number of hydrogen-bond donors (Lipinski definition) is 3. The first kappa shape index (κ1) is 17.5. The number of carbonyl (C=O) groups is 1. The topological polar surface area (TPSA) is 99.8 Å². The van der Waals surface area contributed by atoms with Crippen LogP contribution in [0.3, 0.4) is 0 Å². The first-order valence-electron chi connectivity index (χ1n) is 8.24. The highest BCUT2D eigenvalue weighted by atomic mass is 31.2. The predicted molar refractivity (Wildman–Crippen MR) is 104 cm³/mol. The molecule has 27 heavy (non-hydrogen) atoms. The van der Waals surface area contributed by atoms with Gasteiger partial charge in [0.2, 0.25) is 5.91 Å². The quantitative estimate of drug-likeness (QED) is 0.454. The highest BCUT2D eigenvalue weighted by Crippen LogP contribution is 2.54. The van der Waals surface area contributed by atoms with Crippen LogP contribution in [0.25, 0.3) is 21.7 Å². The van der Waals surface area contributed by atoms with Crippen molar-refractivity contribution in [1.82, 2.24) is 0 Å². The lowest BCUT2D eigenvalue weighted by Gasteiger charge is -2.17. The fourth-order valence-corrected chi connectivity index (χ4v) is 4.10. The van der Waals surface area contributed by atoms with Crippen LogP contribution in [0.2, 0.25) is 0 Å². The Morgan fingerprint density at radius 2 is 1.67 bits per heavy atom. The van der Waals surface area contributed by atoms with Gasteiger partial charge in [0.15, 0.2) is 5.66 Å². The van der Waals surface area contributed by atoms with Crippen LogP contribution in [0.5, 0.6) is 0 Å². The molecule has 0 bridgehead atoms. The van der Waals surface area contributed by atoms with E-state index >= 15 is 0 Å². The molecule has 0 aliphatic carbocycles. The first-order chi connectivity index (χ1) is 12.9. The highest BCUT2D eigenvalue weighted by Gasteiger charge is 2.39. The molecule has 1 unspecified atom stereocenters. The number of para-hydroxylation sites is 1. The van der Waals surface area contributed by atoms with Crippen LogP contribution in [0, 0.1) is 0 Å². The predicted octanol–water partition coefficient (Wildman–Crippen LogP) is 4.44. The van der Waals surface area contributed by atoms with Crippen molar-refractivity contribution in [3.05, 3.63) is 78.6 Å². The van der Waals surface area contributed by atoms with E-state index in [1.165, 1.54) is 6.26 Å². The van der Waals surface area contributed by atoms with Crippen LogP contribution in [-0.4, -0.2) is 15.7 Å². The number of furan rings is 1. The largest absolute Gasteiger partial charge is 0.464 e. The molecule has 1 atom stereocenters. The van der Waals surface area contributed by atoms with E-state index < -0.39 is 19.2 Å². The number of fused-ring (bicyclic) bond motifs is 2. The Labute approximate surface area is 154 Å². The van der Waals surface area contributed by atoms with E-state index in [9.17, 15) is 19.1 Å². The fourth-order valence-electron chi connectivity index (χ4n) is 3.16. The monoisotopic (exact) mass is 381 g/mol. The van der Waals surface area contributed by atoms with E-state index in [1.54, 1.807) is 36.4 Å². The summed E-state index contributed by atoms with van der Waals surface area (Å²) in [5.74, 6) is -0.787. The van der Waals surface area contributed by atoms with Crippen molar-refractivity contribution in [1.29, 1.82) is 0 Å². The minimum absolute atomic E-state index is 0.164. The summed E-state index contributed by atoms with van der Waals surface area (Å²) < 4.78 is 17.5. The van der Waals surface area contributed by atoms with Crippen LogP contribution in [0.1, 0.15) is 11.2 Å². The molecular formula is C20H16NO5P. The van der Waals surface area contributed by atoms with Gasteiger partial charge in [0.1, 0.15) is 5.58 Å². The molecule has 136 valence electrons. The molecule has 0 radical (unpaired) electrons. The van der Waals surface area contributed by atoms with E-state index in [2.05, 4.69) is 5.32 Å². The maximum Gasteiger partial charge on any atom is 0.342 e. The summed E-state index contributed by atoms with van der Waals surface area (Å²) in [6, 6.07) is 19.7. The van der Waals surface area contributed by atoms with Crippen molar-refractivity contribution < 1.29 is 23.6 Å². The number of nitrogens with one attached hydrogen (secondary N) is 1.